The number of nitrogens with zero attached hydrogens (tertiary/aromatic N) is 3. The molecule has 2 N–H and O–H groups in total. The zero-order valence-electron chi connectivity index (χ0n) is 18.0. The topological polar surface area (TPSA) is 149 Å². The largest absolute Gasteiger partial charge is 0.466 e. The maximum Gasteiger partial charge on any atom is 0.355 e. The number of nitro benzene ring substituents is 1. The Morgan fingerprint density at radius 3 is 2.23 bits per heavy atom. The molecule has 0 aromatic heterocycles. The molecule has 180 valence electrons. The number of nitro groups is 1. The fraction of sp³-hybridized carbons (Fsp3) is 0.136. The molecule has 0 fully saturated rings. The second kappa shape index (κ2) is 9.56. The lowest BCUT2D eigenvalue weighted by Crippen LogP contribution is -2.41. The van der Waals surface area contributed by atoms with Crippen molar-refractivity contribution in [2.75, 3.05) is 19.1 Å². The highest BCUT2D eigenvalue weighted by atomic mass is 19.2. The van der Waals surface area contributed by atoms with Gasteiger partial charge in [0.05, 0.1) is 42.3 Å². The van der Waals surface area contributed by atoms with Crippen LogP contribution < -0.4 is 10.6 Å². The van der Waals surface area contributed by atoms with Crippen LogP contribution in [-0.4, -0.2) is 31.1 Å². The molecule has 1 unspecified atom stereocenters. The van der Waals surface area contributed by atoms with Gasteiger partial charge in [-0.2, -0.15) is 9.65 Å². The Labute approximate surface area is 195 Å². The summed E-state index contributed by atoms with van der Waals surface area (Å²) in [5, 5.41) is 21.5. The van der Waals surface area contributed by atoms with Crippen LogP contribution in [0.3, 0.4) is 0 Å². The second-order valence-electron chi connectivity index (χ2n) is 6.94. The lowest BCUT2D eigenvalue weighted by Gasteiger charge is -2.35. The third-order valence-corrected chi connectivity index (χ3v) is 5.14. The van der Waals surface area contributed by atoms with E-state index in [1.54, 1.807) is 24.3 Å². The molecule has 0 amide bonds. The minimum atomic E-state index is -2.06. The molecule has 13 heteroatoms. The zero-order valence-corrected chi connectivity index (χ0v) is 18.0. The average molecular weight is 488 g/mol. The number of ether oxygens (including phenoxy) is 2. The van der Waals surface area contributed by atoms with Crippen LogP contribution >= 0.6 is 0 Å². The van der Waals surface area contributed by atoms with E-state index in [0.29, 0.717) is 0 Å². The molecule has 0 saturated carbocycles. The van der Waals surface area contributed by atoms with Crippen molar-refractivity contribution in [3.05, 3.63) is 92.2 Å². The van der Waals surface area contributed by atoms with Crippen LogP contribution in [0.4, 0.5) is 24.5 Å². The van der Waals surface area contributed by atoms with Gasteiger partial charge in [-0.05, 0) is 5.56 Å². The highest BCUT2D eigenvalue weighted by Gasteiger charge is 2.46. The number of allylic oxidation sites excluding steroid dienone is 1. The van der Waals surface area contributed by atoms with Gasteiger partial charge in [-0.15, -0.1) is 0 Å². The third kappa shape index (κ3) is 4.01. The number of hydrogen-bond acceptors (Lipinski definition) is 9. The van der Waals surface area contributed by atoms with E-state index in [1.165, 1.54) is 12.1 Å². The molecule has 3 rings (SSSR count). The molecule has 1 aliphatic rings. The second-order valence-corrected chi connectivity index (χ2v) is 6.94. The van der Waals surface area contributed by atoms with Gasteiger partial charge in [0.15, 0.2) is 17.3 Å². The number of benzene rings is 2. The van der Waals surface area contributed by atoms with Gasteiger partial charge in [0.1, 0.15) is 11.5 Å². The maximum absolute atomic E-state index is 15.0. The van der Waals surface area contributed by atoms with Gasteiger partial charge in [0.2, 0.25) is 5.82 Å². The van der Waals surface area contributed by atoms with Crippen molar-refractivity contribution in [3.8, 4) is 6.07 Å². The highest BCUT2D eigenvalue weighted by molar-refractivity contribution is 6.06. The average Bonchev–Trinajstić information content (AvgIpc) is 2.84. The lowest BCUT2D eigenvalue weighted by molar-refractivity contribution is -0.387. The first-order valence-corrected chi connectivity index (χ1v) is 9.58. The van der Waals surface area contributed by atoms with Gasteiger partial charge in [-0.1, -0.05) is 30.3 Å². The molecule has 2 aromatic rings. The van der Waals surface area contributed by atoms with E-state index in [0.717, 1.165) is 14.2 Å². The first-order chi connectivity index (χ1) is 16.6. The van der Waals surface area contributed by atoms with Crippen LogP contribution in [0.5, 0.6) is 0 Å². The Bertz CT molecular complexity index is 1350. The van der Waals surface area contributed by atoms with E-state index in [1.807, 2.05) is 0 Å². The maximum atomic E-state index is 15.0. The molecule has 0 radical (unpaired) electrons. The number of anilines is 1. The summed E-state index contributed by atoms with van der Waals surface area (Å²) in [5.41, 5.74) is 1.36. The molecule has 35 heavy (non-hydrogen) atoms. The molecular formula is C22H15F3N4O6. The number of halogens is 3. The summed E-state index contributed by atoms with van der Waals surface area (Å²) in [6.45, 7) is 0. The van der Waals surface area contributed by atoms with Crippen molar-refractivity contribution in [3.63, 3.8) is 0 Å². The van der Waals surface area contributed by atoms with E-state index >= 15 is 4.39 Å². The van der Waals surface area contributed by atoms with Crippen LogP contribution in [0.2, 0.25) is 0 Å². The smallest absolute Gasteiger partial charge is 0.355 e. The molecule has 1 atom stereocenters. The number of carbonyl (C=O) groups excluding carboxylic acids is 2. The van der Waals surface area contributed by atoms with Gasteiger partial charge >= 0.3 is 17.6 Å². The monoisotopic (exact) mass is 488 g/mol. The standard InChI is InChI=1S/C22H15F3N4O6/c1-34-21(30)15-14(10-6-4-3-5-7-10)11(9-26)20(27)28(18(15)22(31)35-2)17-13(24)8-12(23)16(25)19(17)29(32)33/h3-8,14H,27H2,1-2H3. The van der Waals surface area contributed by atoms with Crippen molar-refractivity contribution in [2.24, 2.45) is 5.73 Å². The number of methoxy groups -OCH3 is 2. The summed E-state index contributed by atoms with van der Waals surface area (Å²) in [5.74, 6) is -10.3. The van der Waals surface area contributed by atoms with E-state index in [9.17, 15) is 33.7 Å². The number of nitriles is 1. The van der Waals surface area contributed by atoms with E-state index in [2.05, 4.69) is 0 Å². The van der Waals surface area contributed by atoms with E-state index in [-0.39, 0.29) is 16.5 Å². The Balaban J connectivity index is 2.56. The Kier molecular flexibility index (Phi) is 6.76. The SMILES string of the molecule is COC(=O)C1=C(C(=O)OC)N(c2c(F)cc(F)c(F)c2[N+](=O)[O-])C(N)=C(C#N)C1c1ccccc1. The molecule has 1 aliphatic heterocycles. The van der Waals surface area contributed by atoms with Crippen LogP contribution in [-0.2, 0) is 19.1 Å². The van der Waals surface area contributed by atoms with Crippen LogP contribution in [0.15, 0.2) is 59.1 Å². The highest BCUT2D eigenvalue weighted by Crippen LogP contribution is 2.46. The summed E-state index contributed by atoms with van der Waals surface area (Å²) in [6, 6.07) is 9.45. The van der Waals surface area contributed by atoms with E-state index < -0.39 is 74.3 Å². The summed E-state index contributed by atoms with van der Waals surface area (Å²) < 4.78 is 52.8. The molecule has 1 heterocycles. The van der Waals surface area contributed by atoms with Gasteiger partial charge in [0, 0.05) is 6.07 Å². The Morgan fingerprint density at radius 2 is 1.71 bits per heavy atom. The Morgan fingerprint density at radius 1 is 1.11 bits per heavy atom. The van der Waals surface area contributed by atoms with Crippen molar-refractivity contribution in [1.29, 1.82) is 5.26 Å². The summed E-state index contributed by atoms with van der Waals surface area (Å²) >= 11 is 0. The minimum absolute atomic E-state index is 0.00695. The third-order valence-electron chi connectivity index (χ3n) is 5.14. The van der Waals surface area contributed by atoms with Crippen molar-refractivity contribution in [2.45, 2.75) is 5.92 Å². The van der Waals surface area contributed by atoms with Gasteiger partial charge in [-0.25, -0.2) is 18.4 Å². The van der Waals surface area contributed by atoms with Crippen molar-refractivity contribution < 1.29 is 37.2 Å². The predicted octanol–water partition coefficient (Wildman–Crippen LogP) is 2.91. The van der Waals surface area contributed by atoms with Crippen LogP contribution in [0.1, 0.15) is 11.5 Å². The summed E-state index contributed by atoms with van der Waals surface area (Å²) in [7, 11) is 1.83. The molecule has 0 saturated heterocycles. The lowest BCUT2D eigenvalue weighted by atomic mass is 9.81. The molecule has 10 nitrogen and oxygen atoms in total. The van der Waals surface area contributed by atoms with Crippen LogP contribution in [0.25, 0.3) is 0 Å². The van der Waals surface area contributed by atoms with Gasteiger partial charge in [-0.3, -0.25) is 15.0 Å². The predicted molar refractivity (Wildman–Crippen MR) is 113 cm³/mol. The fourth-order valence-electron chi connectivity index (χ4n) is 3.70. The zero-order chi connectivity index (χ0) is 26.0. The van der Waals surface area contributed by atoms with Gasteiger partial charge in [0.25, 0.3) is 0 Å². The normalized spacial score (nSPS) is 15.5. The molecule has 0 aliphatic carbocycles. The number of rotatable bonds is 5. The first-order valence-electron chi connectivity index (χ1n) is 9.58. The fourth-order valence-corrected chi connectivity index (χ4v) is 3.70. The van der Waals surface area contributed by atoms with Crippen LogP contribution in [0, 0.1) is 38.9 Å². The Hall–Kier alpha value is -4.86. The van der Waals surface area contributed by atoms with Crippen molar-refractivity contribution in [1.82, 2.24) is 0 Å². The molecule has 2 aromatic carbocycles. The quantitative estimate of drug-likeness (QED) is 0.290. The number of esters is 2. The minimum Gasteiger partial charge on any atom is -0.466 e. The van der Waals surface area contributed by atoms with Gasteiger partial charge < -0.3 is 15.2 Å². The molecular weight excluding hydrogens is 473 g/mol. The molecule has 0 spiro atoms. The summed E-state index contributed by atoms with van der Waals surface area (Å²) in [6.07, 6.45) is 0. The molecule has 0 bridgehead atoms. The number of hydrogen-bond donors (Lipinski definition) is 1. The summed E-state index contributed by atoms with van der Waals surface area (Å²) in [4.78, 5) is 36.3. The van der Waals surface area contributed by atoms with Crippen molar-refractivity contribution >= 4 is 23.3 Å². The number of nitrogens with two attached hydrogens (primary N) is 1. The first kappa shape index (κ1) is 24.8. The van der Waals surface area contributed by atoms with E-state index in [4.69, 9.17) is 15.2 Å². The number of carbonyl (C=O) groups is 2.